The summed E-state index contributed by atoms with van der Waals surface area (Å²) in [6.07, 6.45) is 0.771. The van der Waals surface area contributed by atoms with Gasteiger partial charge in [0.15, 0.2) is 0 Å². The molecule has 2 amide bonds. The van der Waals surface area contributed by atoms with E-state index in [9.17, 15) is 29.7 Å². The molecule has 0 aliphatic carbocycles. The summed E-state index contributed by atoms with van der Waals surface area (Å²) in [4.78, 5) is 41.2. The van der Waals surface area contributed by atoms with Gasteiger partial charge < -0.3 is 36.2 Å². The lowest BCUT2D eigenvalue weighted by atomic mass is 9.80. The zero-order valence-corrected chi connectivity index (χ0v) is 22.6. The summed E-state index contributed by atoms with van der Waals surface area (Å²) in [5.74, 6) is -3.15. The van der Waals surface area contributed by atoms with Crippen LogP contribution in [0, 0.1) is 0 Å². The number of hydrogen-bond donors (Lipinski definition) is 6. The number of piperazine rings is 1. The Morgan fingerprint density at radius 3 is 2.20 bits per heavy atom. The number of carboxylic acid groups (broad SMARTS) is 2. The van der Waals surface area contributed by atoms with Gasteiger partial charge in [0.2, 0.25) is 0 Å². The number of dihydropyridines is 1. The van der Waals surface area contributed by atoms with E-state index in [1.807, 2.05) is 12.1 Å². The van der Waals surface area contributed by atoms with E-state index in [1.54, 1.807) is 50.2 Å². The molecule has 0 aromatic heterocycles. The fourth-order valence-electron chi connectivity index (χ4n) is 5.29. The maximum absolute atomic E-state index is 12.5. The van der Waals surface area contributed by atoms with E-state index >= 15 is 0 Å². The molecule has 11 nitrogen and oxygen atoms in total. The van der Waals surface area contributed by atoms with Crippen LogP contribution in [0.25, 0.3) is 0 Å². The lowest BCUT2D eigenvalue weighted by molar-refractivity contribution is -0.133. The Balaban J connectivity index is 1.29. The second kappa shape index (κ2) is 12.6. The van der Waals surface area contributed by atoms with Gasteiger partial charge in [-0.25, -0.2) is 14.4 Å². The molecule has 6 N–H and O–H groups in total. The van der Waals surface area contributed by atoms with E-state index in [2.05, 4.69) is 25.8 Å². The molecule has 0 spiro atoms. The van der Waals surface area contributed by atoms with E-state index in [0.29, 0.717) is 29.2 Å². The molecule has 2 aromatic carbocycles. The van der Waals surface area contributed by atoms with Crippen molar-refractivity contribution in [3.8, 4) is 5.75 Å². The van der Waals surface area contributed by atoms with Gasteiger partial charge in [0, 0.05) is 61.6 Å². The van der Waals surface area contributed by atoms with Gasteiger partial charge in [0.25, 0.3) is 0 Å². The number of carbonyl (C=O) groups excluding carboxylic acids is 1. The largest absolute Gasteiger partial charge is 0.508 e. The van der Waals surface area contributed by atoms with Crippen molar-refractivity contribution in [1.29, 1.82) is 0 Å². The molecular weight excluding hydrogens is 514 g/mol. The Labute approximate surface area is 232 Å². The number of amides is 2. The van der Waals surface area contributed by atoms with Crippen molar-refractivity contribution >= 4 is 29.3 Å². The smallest absolute Gasteiger partial charge is 0.334 e. The third-order valence-electron chi connectivity index (χ3n) is 7.20. The van der Waals surface area contributed by atoms with Crippen LogP contribution in [0.3, 0.4) is 0 Å². The predicted octanol–water partition coefficient (Wildman–Crippen LogP) is 3.13. The molecule has 2 aliphatic rings. The number of aliphatic carboxylic acids is 2. The van der Waals surface area contributed by atoms with Gasteiger partial charge >= 0.3 is 18.0 Å². The summed E-state index contributed by atoms with van der Waals surface area (Å²) in [6.45, 7) is 8.03. The predicted molar refractivity (Wildman–Crippen MR) is 151 cm³/mol. The molecule has 2 aliphatic heterocycles. The number of phenols is 1. The van der Waals surface area contributed by atoms with E-state index in [0.717, 1.165) is 44.8 Å². The molecule has 40 heavy (non-hydrogen) atoms. The van der Waals surface area contributed by atoms with E-state index in [4.69, 9.17) is 0 Å². The van der Waals surface area contributed by atoms with Crippen LogP contribution in [0.4, 0.5) is 16.2 Å². The molecule has 2 heterocycles. The summed E-state index contributed by atoms with van der Waals surface area (Å²) in [7, 11) is 0. The van der Waals surface area contributed by atoms with Crippen LogP contribution in [0.2, 0.25) is 0 Å². The normalized spacial score (nSPS) is 16.5. The first-order valence-electron chi connectivity index (χ1n) is 13.2. The number of aromatic hydroxyl groups is 1. The Morgan fingerprint density at radius 2 is 1.57 bits per heavy atom. The zero-order valence-electron chi connectivity index (χ0n) is 22.6. The molecule has 212 valence electrons. The van der Waals surface area contributed by atoms with Gasteiger partial charge in [-0.15, -0.1) is 0 Å². The molecule has 0 radical (unpaired) electrons. The highest BCUT2D eigenvalue weighted by molar-refractivity contribution is 5.98. The van der Waals surface area contributed by atoms with Crippen molar-refractivity contribution in [3.05, 3.63) is 76.6 Å². The average molecular weight is 550 g/mol. The summed E-state index contributed by atoms with van der Waals surface area (Å²) >= 11 is 0. The molecule has 4 rings (SSSR count). The quantitative estimate of drug-likeness (QED) is 0.259. The van der Waals surface area contributed by atoms with Gasteiger partial charge in [-0.05, 0) is 56.6 Å². The van der Waals surface area contributed by atoms with Crippen LogP contribution in [0.5, 0.6) is 5.75 Å². The molecule has 2 aromatic rings. The van der Waals surface area contributed by atoms with Crippen molar-refractivity contribution in [2.45, 2.75) is 26.2 Å². The van der Waals surface area contributed by atoms with Crippen molar-refractivity contribution in [2.24, 2.45) is 0 Å². The SMILES string of the molecule is CC1=C(C(=O)O)C(c2cccc(NC(=O)NCCCN3CCN(c4cccc(O)c4)CC3)c2)C(C(=O)O)=C(C)N1. The van der Waals surface area contributed by atoms with Gasteiger partial charge in [-0.1, -0.05) is 18.2 Å². The Hall–Kier alpha value is -4.51. The number of anilines is 2. The highest BCUT2D eigenvalue weighted by atomic mass is 16.4. The first kappa shape index (κ1) is 28.5. The minimum Gasteiger partial charge on any atom is -0.508 e. The van der Waals surface area contributed by atoms with Gasteiger partial charge in [-0.2, -0.15) is 0 Å². The van der Waals surface area contributed by atoms with Crippen LogP contribution in [-0.4, -0.2) is 77.5 Å². The zero-order chi connectivity index (χ0) is 28.8. The molecule has 0 bridgehead atoms. The number of allylic oxidation sites excluding steroid dienone is 2. The topological polar surface area (TPSA) is 154 Å². The number of phenolic OH excluding ortho intramolecular Hbond substituents is 1. The van der Waals surface area contributed by atoms with Gasteiger partial charge in [0.1, 0.15) is 5.75 Å². The van der Waals surface area contributed by atoms with E-state index in [-0.39, 0.29) is 16.9 Å². The van der Waals surface area contributed by atoms with Crippen LogP contribution in [-0.2, 0) is 9.59 Å². The second-order valence-corrected chi connectivity index (χ2v) is 9.95. The van der Waals surface area contributed by atoms with Crippen LogP contribution >= 0.6 is 0 Å². The molecule has 1 fully saturated rings. The van der Waals surface area contributed by atoms with Crippen LogP contribution < -0.4 is 20.9 Å². The number of nitrogens with zero attached hydrogens (tertiary/aromatic N) is 2. The molecule has 1 saturated heterocycles. The Bertz CT molecular complexity index is 1310. The lowest BCUT2D eigenvalue weighted by Crippen LogP contribution is -2.47. The van der Waals surface area contributed by atoms with E-state index < -0.39 is 23.9 Å². The molecular formula is C29H35N5O6. The third kappa shape index (κ3) is 6.73. The highest BCUT2D eigenvalue weighted by Gasteiger charge is 2.36. The van der Waals surface area contributed by atoms with Gasteiger partial charge in [-0.3, -0.25) is 4.90 Å². The average Bonchev–Trinajstić information content (AvgIpc) is 2.90. The Morgan fingerprint density at radius 1 is 0.925 bits per heavy atom. The number of rotatable bonds is 9. The summed E-state index contributed by atoms with van der Waals surface area (Å²) < 4.78 is 0. The fourth-order valence-corrected chi connectivity index (χ4v) is 5.29. The first-order chi connectivity index (χ1) is 19.1. The highest BCUT2D eigenvalue weighted by Crippen LogP contribution is 2.39. The number of carboxylic acids is 2. The molecule has 0 saturated carbocycles. The number of urea groups is 1. The number of benzene rings is 2. The summed E-state index contributed by atoms with van der Waals surface area (Å²) in [5, 5.41) is 37.8. The van der Waals surface area contributed by atoms with Crippen molar-refractivity contribution < 1.29 is 29.7 Å². The molecule has 11 heteroatoms. The summed E-state index contributed by atoms with van der Waals surface area (Å²) in [6, 6.07) is 13.5. The lowest BCUT2D eigenvalue weighted by Gasteiger charge is -2.36. The first-order valence-corrected chi connectivity index (χ1v) is 13.2. The van der Waals surface area contributed by atoms with Crippen molar-refractivity contribution in [1.82, 2.24) is 15.5 Å². The molecule has 0 unspecified atom stereocenters. The fraction of sp³-hybridized carbons (Fsp3) is 0.345. The van der Waals surface area contributed by atoms with Crippen LogP contribution in [0.1, 0.15) is 31.7 Å². The minimum absolute atomic E-state index is 0.0487. The number of hydrogen-bond acceptors (Lipinski definition) is 7. The van der Waals surface area contributed by atoms with Crippen LogP contribution in [0.15, 0.2) is 71.1 Å². The third-order valence-corrected chi connectivity index (χ3v) is 7.20. The maximum atomic E-state index is 12.5. The number of carbonyl (C=O) groups is 3. The van der Waals surface area contributed by atoms with Crippen molar-refractivity contribution in [3.63, 3.8) is 0 Å². The maximum Gasteiger partial charge on any atom is 0.334 e. The van der Waals surface area contributed by atoms with Gasteiger partial charge in [0.05, 0.1) is 17.1 Å². The standard InChI is InChI=1S/C29H35N5O6/c1-18-24(27(36)37)26(25(28(38)39)19(2)31-18)20-6-3-7-21(16-20)32-29(40)30-10-5-11-33-12-14-34(15-13-33)22-8-4-9-23(35)17-22/h3-4,6-9,16-17,26,31,35H,5,10-15H2,1-2H3,(H,36,37)(H,38,39)(H2,30,32,40). The Kier molecular flexibility index (Phi) is 8.95. The molecule has 0 atom stereocenters. The number of nitrogens with one attached hydrogen (secondary N) is 3. The monoisotopic (exact) mass is 549 g/mol. The second-order valence-electron chi connectivity index (χ2n) is 9.95. The van der Waals surface area contributed by atoms with E-state index in [1.165, 1.54) is 0 Å². The van der Waals surface area contributed by atoms with Crippen molar-refractivity contribution in [2.75, 3.05) is 49.5 Å². The minimum atomic E-state index is -1.21. The summed E-state index contributed by atoms with van der Waals surface area (Å²) in [5.41, 5.74) is 2.55.